The number of esters is 1. The second-order valence-electron chi connectivity index (χ2n) is 6.69. The van der Waals surface area contributed by atoms with Gasteiger partial charge in [0.15, 0.2) is 0 Å². The molecule has 120 valence electrons. The van der Waals surface area contributed by atoms with Gasteiger partial charge in [-0.3, -0.25) is 0 Å². The number of carbonyl (C=O) groups excluding carboxylic acids is 1. The number of fused-ring (bicyclic) bond motifs is 3. The molecular formula is C19H20FNO2. The zero-order chi connectivity index (χ0) is 16.0. The molecule has 1 unspecified atom stereocenters. The Kier molecular flexibility index (Phi) is 3.57. The number of ether oxygens (including phenoxy) is 1. The molecule has 0 saturated carbocycles. The van der Waals surface area contributed by atoms with Gasteiger partial charge in [0.05, 0.1) is 5.56 Å². The highest BCUT2D eigenvalue weighted by Gasteiger charge is 2.40. The molecule has 0 N–H and O–H groups in total. The van der Waals surface area contributed by atoms with Crippen LogP contribution in [0.1, 0.15) is 36.0 Å². The molecule has 2 saturated heterocycles. The number of hydrogen-bond acceptors (Lipinski definition) is 3. The van der Waals surface area contributed by atoms with Crippen LogP contribution >= 0.6 is 0 Å². The maximum Gasteiger partial charge on any atom is 0.339 e. The van der Waals surface area contributed by atoms with Crippen molar-refractivity contribution in [3.05, 3.63) is 47.8 Å². The lowest BCUT2D eigenvalue weighted by atomic mass is 10.00. The third kappa shape index (κ3) is 2.51. The molecule has 0 spiro atoms. The van der Waals surface area contributed by atoms with Crippen LogP contribution in [0, 0.1) is 5.82 Å². The van der Waals surface area contributed by atoms with E-state index in [4.69, 9.17) is 4.74 Å². The lowest BCUT2D eigenvalue weighted by Crippen LogP contribution is -2.43. The normalized spacial score (nSPS) is 27.3. The number of piperidine rings is 1. The van der Waals surface area contributed by atoms with Crippen molar-refractivity contribution in [3.63, 3.8) is 0 Å². The van der Waals surface area contributed by atoms with Gasteiger partial charge in [-0.15, -0.1) is 0 Å². The highest BCUT2D eigenvalue weighted by Crippen LogP contribution is 2.36. The van der Waals surface area contributed by atoms with Gasteiger partial charge in [-0.2, -0.15) is 0 Å². The van der Waals surface area contributed by atoms with E-state index in [1.807, 2.05) is 6.07 Å². The Morgan fingerprint density at radius 1 is 1.09 bits per heavy atom. The lowest BCUT2D eigenvalue weighted by molar-refractivity contribution is -0.000263. The van der Waals surface area contributed by atoms with Crippen molar-refractivity contribution in [1.82, 2.24) is 4.90 Å². The highest BCUT2D eigenvalue weighted by atomic mass is 19.1. The highest BCUT2D eigenvalue weighted by molar-refractivity contribution is 6.04. The molecule has 2 aliphatic heterocycles. The summed E-state index contributed by atoms with van der Waals surface area (Å²) in [7, 11) is 2.16. The Balaban J connectivity index is 1.57. The van der Waals surface area contributed by atoms with Crippen LogP contribution in [0.3, 0.4) is 0 Å². The van der Waals surface area contributed by atoms with Crippen molar-refractivity contribution in [2.45, 2.75) is 43.9 Å². The third-order valence-corrected chi connectivity index (χ3v) is 5.42. The summed E-state index contributed by atoms with van der Waals surface area (Å²) in [6.45, 7) is 0. The van der Waals surface area contributed by atoms with Gasteiger partial charge < -0.3 is 9.64 Å². The number of hydrogen-bond donors (Lipinski definition) is 0. The first kappa shape index (κ1) is 14.6. The minimum atomic E-state index is -0.338. The predicted molar refractivity (Wildman–Crippen MR) is 86.9 cm³/mol. The van der Waals surface area contributed by atoms with Gasteiger partial charge in [-0.1, -0.05) is 24.3 Å². The van der Waals surface area contributed by atoms with E-state index in [-0.39, 0.29) is 17.9 Å². The quantitative estimate of drug-likeness (QED) is 0.791. The molecule has 2 aromatic carbocycles. The van der Waals surface area contributed by atoms with Crippen LogP contribution in [0.25, 0.3) is 10.8 Å². The first-order valence-electron chi connectivity index (χ1n) is 8.23. The van der Waals surface area contributed by atoms with Crippen LogP contribution in [0.5, 0.6) is 0 Å². The predicted octanol–water partition coefficient (Wildman–Crippen LogP) is 3.76. The summed E-state index contributed by atoms with van der Waals surface area (Å²) in [5.41, 5.74) is 0.452. The zero-order valence-corrected chi connectivity index (χ0v) is 13.2. The van der Waals surface area contributed by atoms with E-state index in [0.29, 0.717) is 28.4 Å². The summed E-state index contributed by atoms with van der Waals surface area (Å²) >= 11 is 0. The van der Waals surface area contributed by atoms with Crippen LogP contribution in [0.4, 0.5) is 4.39 Å². The number of rotatable bonds is 2. The second-order valence-corrected chi connectivity index (χ2v) is 6.69. The summed E-state index contributed by atoms with van der Waals surface area (Å²) in [6, 6.07) is 11.0. The van der Waals surface area contributed by atoms with Crippen molar-refractivity contribution < 1.29 is 13.9 Å². The Labute approximate surface area is 135 Å². The smallest absolute Gasteiger partial charge is 0.339 e. The molecule has 3 atom stereocenters. The van der Waals surface area contributed by atoms with E-state index in [1.165, 1.54) is 25.0 Å². The van der Waals surface area contributed by atoms with Crippen LogP contribution in [-0.4, -0.2) is 36.1 Å². The van der Waals surface area contributed by atoms with Gasteiger partial charge in [0.2, 0.25) is 0 Å². The summed E-state index contributed by atoms with van der Waals surface area (Å²) < 4.78 is 19.7. The van der Waals surface area contributed by atoms with Crippen LogP contribution in [0.2, 0.25) is 0 Å². The van der Waals surface area contributed by atoms with Crippen molar-refractivity contribution >= 4 is 16.7 Å². The van der Waals surface area contributed by atoms with Gasteiger partial charge in [-0.25, -0.2) is 9.18 Å². The molecule has 23 heavy (non-hydrogen) atoms. The zero-order valence-electron chi connectivity index (χ0n) is 13.2. The van der Waals surface area contributed by atoms with Gasteiger partial charge in [0.1, 0.15) is 11.9 Å². The molecule has 0 aliphatic carbocycles. The van der Waals surface area contributed by atoms with Crippen molar-refractivity contribution in [2.24, 2.45) is 0 Å². The fraction of sp³-hybridized carbons (Fsp3) is 0.421. The molecule has 2 heterocycles. The number of benzene rings is 2. The maximum atomic E-state index is 13.9. The Morgan fingerprint density at radius 2 is 1.74 bits per heavy atom. The number of halogens is 1. The van der Waals surface area contributed by atoms with Gasteiger partial charge >= 0.3 is 5.97 Å². The Morgan fingerprint density at radius 3 is 2.43 bits per heavy atom. The van der Waals surface area contributed by atoms with E-state index in [1.54, 1.807) is 18.2 Å². The molecule has 2 aliphatic rings. The van der Waals surface area contributed by atoms with Gasteiger partial charge in [0.25, 0.3) is 0 Å². The van der Waals surface area contributed by atoms with E-state index in [2.05, 4.69) is 11.9 Å². The van der Waals surface area contributed by atoms with E-state index in [0.717, 1.165) is 12.8 Å². The average Bonchev–Trinajstić information content (AvgIpc) is 2.77. The number of nitrogens with zero attached hydrogens (tertiary/aromatic N) is 1. The molecule has 2 aromatic rings. The Hall–Kier alpha value is -1.94. The van der Waals surface area contributed by atoms with Gasteiger partial charge in [-0.05, 0) is 37.4 Å². The summed E-state index contributed by atoms with van der Waals surface area (Å²) in [4.78, 5) is 15.0. The summed E-state index contributed by atoms with van der Waals surface area (Å²) in [5, 5.41) is 1.08. The van der Waals surface area contributed by atoms with E-state index >= 15 is 0 Å². The SMILES string of the molecule is CN1[C@@H]2CC[C@H]1CC(OC(=O)c1ccc(F)c3ccccc13)C2. The number of carbonyl (C=O) groups is 1. The van der Waals surface area contributed by atoms with Crippen molar-refractivity contribution in [1.29, 1.82) is 0 Å². The minimum absolute atomic E-state index is 0.0278. The van der Waals surface area contributed by atoms with Crippen LogP contribution < -0.4 is 0 Å². The molecular weight excluding hydrogens is 293 g/mol. The summed E-state index contributed by atoms with van der Waals surface area (Å²) in [5.74, 6) is -0.648. The van der Waals surface area contributed by atoms with E-state index < -0.39 is 0 Å². The first-order valence-corrected chi connectivity index (χ1v) is 8.23. The standard InChI is InChI=1S/C19H20FNO2/c1-21-12-6-7-13(21)11-14(10-12)23-19(22)17-8-9-18(20)16-5-3-2-4-15(16)17/h2-5,8-9,12-14H,6-7,10-11H2,1H3/t12-,13+,14?. The third-order valence-electron chi connectivity index (χ3n) is 5.42. The Bertz CT molecular complexity index is 746. The second kappa shape index (κ2) is 5.60. The van der Waals surface area contributed by atoms with Crippen molar-refractivity contribution in [2.75, 3.05) is 7.05 Å². The molecule has 2 fully saturated rings. The maximum absolute atomic E-state index is 13.9. The fourth-order valence-corrected chi connectivity index (χ4v) is 4.11. The molecule has 0 aromatic heterocycles. The van der Waals surface area contributed by atoms with Crippen molar-refractivity contribution in [3.8, 4) is 0 Å². The molecule has 3 nitrogen and oxygen atoms in total. The molecule has 0 amide bonds. The monoisotopic (exact) mass is 313 g/mol. The average molecular weight is 313 g/mol. The first-order chi connectivity index (χ1) is 11.1. The van der Waals surface area contributed by atoms with E-state index in [9.17, 15) is 9.18 Å². The molecule has 2 bridgehead atoms. The summed E-state index contributed by atoms with van der Waals surface area (Å²) in [6.07, 6.45) is 4.15. The topological polar surface area (TPSA) is 29.5 Å². The van der Waals surface area contributed by atoms with Crippen LogP contribution in [-0.2, 0) is 4.74 Å². The lowest BCUT2D eigenvalue weighted by Gasteiger charge is -2.35. The molecule has 0 radical (unpaired) electrons. The molecule has 4 rings (SSSR count). The minimum Gasteiger partial charge on any atom is -0.459 e. The fourth-order valence-electron chi connectivity index (χ4n) is 4.11. The largest absolute Gasteiger partial charge is 0.459 e. The molecule has 4 heteroatoms. The van der Waals surface area contributed by atoms with Crippen LogP contribution in [0.15, 0.2) is 36.4 Å². The van der Waals surface area contributed by atoms with Gasteiger partial charge in [0, 0.05) is 30.3 Å².